The van der Waals surface area contributed by atoms with Crippen LogP contribution >= 0.6 is 26.9 Å². The number of thiol groups is 1. The largest absolute Gasteiger partial charge is 0.482 e. The van der Waals surface area contributed by atoms with Crippen LogP contribution in [-0.4, -0.2) is 121 Å². The van der Waals surface area contributed by atoms with E-state index >= 15 is 0 Å². The van der Waals surface area contributed by atoms with Crippen molar-refractivity contribution in [2.45, 2.75) is 88.5 Å². The van der Waals surface area contributed by atoms with Crippen LogP contribution in [0.2, 0.25) is 0 Å². The molecule has 23 nitrogen and oxygen atoms in total. The molecular formula is C27H36N2O21P2S. The molecule has 2 aliphatic heterocycles. The van der Waals surface area contributed by atoms with E-state index in [1.54, 1.807) is 0 Å². The van der Waals surface area contributed by atoms with Gasteiger partial charge >= 0.3 is 44.2 Å². The van der Waals surface area contributed by atoms with Gasteiger partial charge in [0, 0.05) is 40.0 Å². The van der Waals surface area contributed by atoms with Gasteiger partial charge in [-0.15, -0.1) is 5.73 Å². The van der Waals surface area contributed by atoms with Gasteiger partial charge in [0.25, 0.3) is 5.56 Å². The van der Waals surface area contributed by atoms with E-state index < -0.39 is 124 Å². The Bertz CT molecular complexity index is 1810. The minimum absolute atomic E-state index is 0.695. The molecule has 3 heterocycles. The second kappa shape index (κ2) is 17.8. The Balaban J connectivity index is 1.86. The maximum atomic E-state index is 13.2. The summed E-state index contributed by atoms with van der Waals surface area (Å²) in [5, 5.41) is 33.2. The Labute approximate surface area is 303 Å². The number of rotatable bonds is 15. The van der Waals surface area contributed by atoms with Crippen molar-refractivity contribution < 1.29 is 90.3 Å². The molecule has 296 valence electrons. The molecule has 12 atom stereocenters. The number of carbonyl (C=O) groups excluding carboxylic acids is 4. The van der Waals surface area contributed by atoms with Gasteiger partial charge in [-0.3, -0.25) is 42.6 Å². The minimum atomic E-state index is -5.79. The van der Waals surface area contributed by atoms with Gasteiger partial charge < -0.3 is 48.6 Å². The Morgan fingerprint density at radius 2 is 1.70 bits per heavy atom. The summed E-state index contributed by atoms with van der Waals surface area (Å²) in [4.78, 5) is 83.6. The first kappa shape index (κ1) is 43.9. The second-order valence-electron chi connectivity index (χ2n) is 11.2. The minimum Gasteiger partial charge on any atom is -0.462 e. The van der Waals surface area contributed by atoms with E-state index in [2.05, 4.69) is 28.9 Å². The van der Waals surface area contributed by atoms with Crippen molar-refractivity contribution in [2.24, 2.45) is 0 Å². The second-order valence-corrected chi connectivity index (χ2v) is 15.7. The summed E-state index contributed by atoms with van der Waals surface area (Å²) < 4.78 is 72.7. The molecule has 1 aromatic rings. The van der Waals surface area contributed by atoms with E-state index in [9.17, 15) is 58.1 Å². The molecular weight excluding hydrogens is 782 g/mol. The number of phosphoric acid groups is 1. The van der Waals surface area contributed by atoms with Gasteiger partial charge in [-0.2, -0.15) is 4.31 Å². The highest BCUT2D eigenvalue weighted by Crippen LogP contribution is 2.66. The smallest absolute Gasteiger partial charge is 0.462 e. The lowest BCUT2D eigenvalue weighted by atomic mass is 9.94. The normalized spacial score (nSPS) is 31.1. The fourth-order valence-electron chi connectivity index (χ4n) is 5.11. The summed E-state index contributed by atoms with van der Waals surface area (Å²) in [6.45, 7) is 0.120. The summed E-state index contributed by atoms with van der Waals surface area (Å²) in [5.41, 5.74) is -2.09. The zero-order valence-corrected chi connectivity index (χ0v) is 30.8. The molecule has 0 saturated carbocycles. The summed E-state index contributed by atoms with van der Waals surface area (Å²) in [7, 11) is -5.79. The molecule has 3 rings (SSSR count). The summed E-state index contributed by atoms with van der Waals surface area (Å²) in [6.07, 6.45) is -15.7. The number of phosphoric ester groups is 1. The van der Waals surface area contributed by atoms with Crippen LogP contribution in [-0.2, 0) is 70.1 Å². The molecule has 0 bridgehead atoms. The van der Waals surface area contributed by atoms with Gasteiger partial charge in [-0.25, -0.2) is 13.9 Å². The average molecular weight is 819 g/mol. The van der Waals surface area contributed by atoms with Crippen LogP contribution in [0.4, 0.5) is 0 Å². The number of carbonyl (C=O) groups is 4. The first-order valence-electron chi connectivity index (χ1n) is 14.9. The number of aliphatic hydroxyl groups is 3. The quantitative estimate of drug-likeness (QED) is 0.0386. The maximum Gasteiger partial charge on any atom is 0.482 e. The van der Waals surface area contributed by atoms with Crippen LogP contribution in [0.3, 0.4) is 0 Å². The van der Waals surface area contributed by atoms with Crippen molar-refractivity contribution >= 4 is 50.7 Å². The van der Waals surface area contributed by atoms with Gasteiger partial charge in [-0.05, 0) is 6.08 Å². The molecule has 5 N–H and O–H groups in total. The highest BCUT2D eigenvalue weighted by molar-refractivity contribution is 8.45. The third-order valence-electron chi connectivity index (χ3n) is 7.10. The Morgan fingerprint density at radius 1 is 1.08 bits per heavy atom. The van der Waals surface area contributed by atoms with E-state index in [1.807, 2.05) is 4.98 Å². The lowest BCUT2D eigenvalue weighted by Crippen LogP contribution is -2.64. The standard InChI is InChI=1S/C27H36N2O21P2S/c1-6-8-27(38)23(36)17(47-25(27)29-9-7-18(34)28-26(29)37)11-43-52(41,53)50-51(39,40)49-24-22(46-15(5)33)19(35)21(45-14(4)32)20(48-24)16(44-13(3)31)10-42-12(2)30/h7-9,16-17,19-25,35-36,38H,1,10-11H2,2-5H3,(H,39,40)(H,41,53)(H,28,34,37)/t16-,17+,19?,20?,21?,22?,23+,24?,25+,27+,52?/m0/s1. The number of nitrogens with zero attached hydrogens (tertiary/aromatic N) is 1. The third kappa shape index (κ3) is 11.5. The molecule has 1 aromatic heterocycles. The van der Waals surface area contributed by atoms with Crippen LogP contribution in [0, 0.1) is 0 Å². The highest BCUT2D eigenvalue weighted by atomic mass is 32.7. The van der Waals surface area contributed by atoms with Crippen LogP contribution in [0.5, 0.6) is 0 Å². The van der Waals surface area contributed by atoms with Gasteiger partial charge in [-0.1, -0.05) is 18.8 Å². The summed E-state index contributed by atoms with van der Waals surface area (Å²) in [6, 6.07) is 0.906. The average Bonchev–Trinajstić information content (AvgIpc) is 3.25. The van der Waals surface area contributed by atoms with Crippen molar-refractivity contribution in [2.75, 3.05) is 13.2 Å². The van der Waals surface area contributed by atoms with E-state index in [1.165, 1.54) is 0 Å². The van der Waals surface area contributed by atoms with Gasteiger partial charge in [0.05, 0.1) is 6.61 Å². The molecule has 0 aromatic carbocycles. The predicted octanol–water partition coefficient (Wildman–Crippen LogP) is -1.50. The van der Waals surface area contributed by atoms with Crippen molar-refractivity contribution in [3.8, 4) is 0 Å². The van der Waals surface area contributed by atoms with Crippen molar-refractivity contribution in [1.82, 2.24) is 9.55 Å². The number of aliphatic hydroxyl groups excluding tert-OH is 2. The molecule has 7 unspecified atom stereocenters. The van der Waals surface area contributed by atoms with Crippen LogP contribution < -0.4 is 11.2 Å². The number of ether oxygens (including phenoxy) is 6. The van der Waals surface area contributed by atoms with Crippen LogP contribution in [0.15, 0.2) is 40.2 Å². The van der Waals surface area contributed by atoms with Gasteiger partial charge in [0.2, 0.25) is 6.29 Å². The molecule has 2 fully saturated rings. The van der Waals surface area contributed by atoms with Crippen molar-refractivity contribution in [3.63, 3.8) is 0 Å². The molecule has 0 spiro atoms. The zero-order chi connectivity index (χ0) is 40.1. The number of esters is 4. The van der Waals surface area contributed by atoms with Gasteiger partial charge in [0.15, 0.2) is 30.1 Å². The van der Waals surface area contributed by atoms with Crippen LogP contribution in [0.1, 0.15) is 33.9 Å². The number of nitrogens with one attached hydrogen (secondary N) is 1. The fourth-order valence-corrected chi connectivity index (χ4v) is 8.29. The molecule has 26 heteroatoms. The van der Waals surface area contributed by atoms with E-state index in [0.717, 1.165) is 46.0 Å². The Kier molecular flexibility index (Phi) is 14.7. The summed E-state index contributed by atoms with van der Waals surface area (Å²) in [5.74, 6) is -4.01. The van der Waals surface area contributed by atoms with E-state index in [0.29, 0.717) is 4.57 Å². The molecule has 2 saturated heterocycles. The van der Waals surface area contributed by atoms with Crippen molar-refractivity contribution in [3.05, 3.63) is 51.5 Å². The lowest BCUT2D eigenvalue weighted by molar-refractivity contribution is -0.299. The third-order valence-corrected chi connectivity index (χ3v) is 10.7. The molecule has 0 amide bonds. The fraction of sp³-hybridized carbons (Fsp3) is 0.593. The number of hydrogen-bond acceptors (Lipinski definition) is 20. The Hall–Kier alpha value is -3.47. The zero-order valence-electron chi connectivity index (χ0n) is 28.1. The topological polar surface area (TPSA) is 321 Å². The molecule has 53 heavy (non-hydrogen) atoms. The SMILES string of the molecule is C=C=C[C@@]1(O)[C@H](O)[C@@H](COP(=O)(S)OP(=O)(O)OC2OC([C@H](COC(C)=O)OC(C)=O)C(OC(C)=O)C(O)C2OC(C)=O)O[C@H]1n1ccc(=O)[nH]c1=O. The molecule has 2 aliphatic rings. The monoisotopic (exact) mass is 818 g/mol. The predicted molar refractivity (Wildman–Crippen MR) is 172 cm³/mol. The first-order chi connectivity index (χ1) is 24.5. The van der Waals surface area contributed by atoms with Crippen LogP contribution in [0.25, 0.3) is 0 Å². The molecule has 0 radical (unpaired) electrons. The van der Waals surface area contributed by atoms with E-state index in [-0.39, 0.29) is 0 Å². The number of aromatic nitrogens is 2. The Morgan fingerprint density at radius 3 is 2.25 bits per heavy atom. The first-order valence-corrected chi connectivity index (χ1v) is 19.1. The highest BCUT2D eigenvalue weighted by Gasteiger charge is 2.57. The van der Waals surface area contributed by atoms with Gasteiger partial charge in [0.1, 0.15) is 31.0 Å². The number of aromatic amines is 1. The van der Waals surface area contributed by atoms with Crippen molar-refractivity contribution in [1.29, 1.82) is 0 Å². The number of H-pyrrole nitrogens is 1. The summed E-state index contributed by atoms with van der Waals surface area (Å²) >= 11 is 3.62. The molecule has 0 aliphatic carbocycles. The number of hydrogen-bond donors (Lipinski definition) is 6. The maximum absolute atomic E-state index is 13.2. The van der Waals surface area contributed by atoms with E-state index in [4.69, 9.17) is 37.5 Å². The lowest BCUT2D eigenvalue weighted by Gasteiger charge is -2.44.